The van der Waals surface area contributed by atoms with E-state index in [0.29, 0.717) is 19.3 Å². The van der Waals surface area contributed by atoms with Crippen LogP contribution in [-0.2, 0) is 16.1 Å². The van der Waals surface area contributed by atoms with Gasteiger partial charge in [-0.15, -0.1) is 12.3 Å². The van der Waals surface area contributed by atoms with E-state index in [1.165, 1.54) is 4.90 Å². The first-order valence-corrected chi connectivity index (χ1v) is 7.87. The van der Waals surface area contributed by atoms with Gasteiger partial charge in [-0.25, -0.2) is 0 Å². The summed E-state index contributed by atoms with van der Waals surface area (Å²) in [5.41, 5.74) is 1.49. The van der Waals surface area contributed by atoms with Crippen molar-refractivity contribution >= 4 is 11.9 Å². The summed E-state index contributed by atoms with van der Waals surface area (Å²) in [6, 6.07) is 7.68. The van der Waals surface area contributed by atoms with Gasteiger partial charge in [0, 0.05) is 32.2 Å². The fraction of sp³-hybridized carbons (Fsp3) is 0.444. The van der Waals surface area contributed by atoms with Crippen LogP contribution >= 0.6 is 0 Å². The van der Waals surface area contributed by atoms with E-state index in [2.05, 4.69) is 16.1 Å². The molecule has 1 aliphatic rings. The quantitative estimate of drug-likeness (QED) is 0.708. The molecule has 2 rings (SSSR count). The van der Waals surface area contributed by atoms with Crippen LogP contribution in [0.1, 0.15) is 36.8 Å². The first-order valence-electron chi connectivity index (χ1n) is 7.87. The van der Waals surface area contributed by atoms with Gasteiger partial charge in [-0.2, -0.15) is 10.2 Å². The Balaban J connectivity index is 1.94. The fourth-order valence-corrected chi connectivity index (χ4v) is 2.44. The molecule has 0 unspecified atom stereocenters. The highest BCUT2D eigenvalue weighted by atomic mass is 16.4. The Morgan fingerprint density at radius 3 is 2.46 bits per heavy atom. The van der Waals surface area contributed by atoms with Gasteiger partial charge in [-0.1, -0.05) is 29.8 Å². The lowest BCUT2D eigenvalue weighted by atomic mass is 10.0. The largest absolute Gasteiger partial charge is 0.480 e. The highest BCUT2D eigenvalue weighted by Crippen LogP contribution is 2.37. The van der Waals surface area contributed by atoms with E-state index >= 15 is 0 Å². The number of hydrogen-bond acceptors (Lipinski definition) is 4. The molecule has 0 saturated heterocycles. The highest BCUT2D eigenvalue weighted by Gasteiger charge is 2.39. The topological polar surface area (TPSA) is 82.3 Å². The molecule has 1 aromatic rings. The smallest absolute Gasteiger partial charge is 0.323 e. The monoisotopic (exact) mass is 327 g/mol. The molecule has 1 amide bonds. The van der Waals surface area contributed by atoms with Crippen molar-refractivity contribution in [1.29, 1.82) is 0 Å². The third-order valence-electron chi connectivity index (χ3n) is 3.96. The SMILES string of the molecule is C#CCCC1(CCC(=O)N(CC(=O)O)Cc2ccc(C)cc2)N=N1. The Morgan fingerprint density at radius 2 is 1.92 bits per heavy atom. The molecule has 6 heteroatoms. The van der Waals surface area contributed by atoms with E-state index in [-0.39, 0.29) is 25.4 Å². The van der Waals surface area contributed by atoms with Crippen molar-refractivity contribution in [2.24, 2.45) is 10.2 Å². The molecule has 1 heterocycles. The average molecular weight is 327 g/mol. The third-order valence-corrected chi connectivity index (χ3v) is 3.96. The van der Waals surface area contributed by atoms with Gasteiger partial charge in [0.1, 0.15) is 6.54 Å². The van der Waals surface area contributed by atoms with E-state index in [0.717, 1.165) is 11.1 Å². The Labute approximate surface area is 141 Å². The van der Waals surface area contributed by atoms with Crippen molar-refractivity contribution in [3.05, 3.63) is 35.4 Å². The maximum absolute atomic E-state index is 12.4. The van der Waals surface area contributed by atoms with Gasteiger partial charge >= 0.3 is 5.97 Å². The zero-order chi connectivity index (χ0) is 17.6. The fourth-order valence-electron chi connectivity index (χ4n) is 2.44. The first-order chi connectivity index (χ1) is 11.4. The second kappa shape index (κ2) is 7.73. The van der Waals surface area contributed by atoms with Crippen LogP contribution in [0.5, 0.6) is 0 Å². The minimum atomic E-state index is -1.03. The van der Waals surface area contributed by atoms with Crippen molar-refractivity contribution < 1.29 is 14.7 Å². The zero-order valence-corrected chi connectivity index (χ0v) is 13.7. The number of aliphatic carboxylic acids is 1. The average Bonchev–Trinajstić information content (AvgIpc) is 3.32. The molecule has 24 heavy (non-hydrogen) atoms. The molecule has 0 aliphatic carbocycles. The number of aryl methyl sites for hydroxylation is 1. The second-order valence-electron chi connectivity index (χ2n) is 6.02. The van der Waals surface area contributed by atoms with Crippen molar-refractivity contribution in [2.75, 3.05) is 6.54 Å². The molecule has 1 N–H and O–H groups in total. The maximum Gasteiger partial charge on any atom is 0.323 e. The van der Waals surface area contributed by atoms with Crippen LogP contribution in [0.3, 0.4) is 0 Å². The number of terminal acetylenes is 1. The number of benzene rings is 1. The first kappa shape index (κ1) is 17.7. The van der Waals surface area contributed by atoms with Gasteiger partial charge < -0.3 is 10.0 Å². The van der Waals surface area contributed by atoms with Gasteiger partial charge in [0.05, 0.1) is 0 Å². The lowest BCUT2D eigenvalue weighted by Gasteiger charge is -2.21. The van der Waals surface area contributed by atoms with Crippen molar-refractivity contribution in [2.45, 2.75) is 44.8 Å². The van der Waals surface area contributed by atoms with Crippen LogP contribution in [0.4, 0.5) is 0 Å². The molecule has 1 aromatic carbocycles. The standard InChI is InChI=1S/C18H21N3O3/c1-3-4-10-18(19-20-18)11-9-16(22)21(13-17(23)24)12-15-7-5-14(2)6-8-15/h1,5-8H,4,9-13H2,2H3,(H,23,24). The molecule has 0 saturated carbocycles. The third kappa shape index (κ3) is 5.20. The summed E-state index contributed by atoms with van der Waals surface area (Å²) in [7, 11) is 0. The minimum Gasteiger partial charge on any atom is -0.480 e. The van der Waals surface area contributed by atoms with E-state index in [1.807, 2.05) is 31.2 Å². The summed E-state index contributed by atoms with van der Waals surface area (Å²) < 4.78 is 0. The summed E-state index contributed by atoms with van der Waals surface area (Å²) in [5.74, 6) is 1.30. The van der Waals surface area contributed by atoms with E-state index in [1.54, 1.807) is 0 Å². The number of carboxylic acid groups (broad SMARTS) is 1. The van der Waals surface area contributed by atoms with Gasteiger partial charge in [0.2, 0.25) is 5.91 Å². The van der Waals surface area contributed by atoms with E-state index in [4.69, 9.17) is 11.5 Å². The number of amides is 1. The van der Waals surface area contributed by atoms with Crippen molar-refractivity contribution in [3.63, 3.8) is 0 Å². The number of rotatable bonds is 9. The number of hydrogen-bond donors (Lipinski definition) is 1. The van der Waals surface area contributed by atoms with Gasteiger partial charge in [-0.05, 0) is 12.5 Å². The summed E-state index contributed by atoms with van der Waals surface area (Å²) >= 11 is 0. The second-order valence-corrected chi connectivity index (χ2v) is 6.02. The number of nitrogens with zero attached hydrogens (tertiary/aromatic N) is 3. The van der Waals surface area contributed by atoms with Crippen LogP contribution in [0.2, 0.25) is 0 Å². The normalized spacial score (nSPS) is 14.0. The van der Waals surface area contributed by atoms with E-state index in [9.17, 15) is 9.59 Å². The number of carboxylic acids is 1. The molecule has 0 radical (unpaired) electrons. The molecule has 0 fully saturated rings. The maximum atomic E-state index is 12.4. The Hall–Kier alpha value is -2.68. The lowest BCUT2D eigenvalue weighted by molar-refractivity contribution is -0.145. The molecule has 1 aliphatic heterocycles. The van der Waals surface area contributed by atoms with Gasteiger partial charge in [0.15, 0.2) is 5.66 Å². The van der Waals surface area contributed by atoms with Crippen LogP contribution in [0.25, 0.3) is 0 Å². The Kier molecular flexibility index (Phi) is 5.69. The predicted molar refractivity (Wildman–Crippen MR) is 89.1 cm³/mol. The summed E-state index contributed by atoms with van der Waals surface area (Å²) in [6.07, 6.45) is 7.11. The predicted octanol–water partition coefficient (Wildman–Crippen LogP) is 2.76. The van der Waals surface area contributed by atoms with Gasteiger partial charge in [0.25, 0.3) is 0 Å². The van der Waals surface area contributed by atoms with Crippen molar-refractivity contribution in [1.82, 2.24) is 4.90 Å². The molecular formula is C18H21N3O3. The molecule has 0 spiro atoms. The summed E-state index contributed by atoms with van der Waals surface area (Å²) in [6.45, 7) is 1.93. The van der Waals surface area contributed by atoms with Crippen LogP contribution in [-0.4, -0.2) is 34.1 Å². The lowest BCUT2D eigenvalue weighted by Crippen LogP contribution is -2.35. The van der Waals surface area contributed by atoms with Crippen LogP contribution < -0.4 is 0 Å². The van der Waals surface area contributed by atoms with E-state index < -0.39 is 11.6 Å². The van der Waals surface area contributed by atoms with Crippen molar-refractivity contribution in [3.8, 4) is 12.3 Å². The molecule has 0 aromatic heterocycles. The molecule has 6 nitrogen and oxygen atoms in total. The minimum absolute atomic E-state index is 0.205. The zero-order valence-electron chi connectivity index (χ0n) is 13.7. The highest BCUT2D eigenvalue weighted by molar-refractivity contribution is 5.81. The number of carbonyl (C=O) groups is 2. The molecule has 0 atom stereocenters. The summed E-state index contributed by atoms with van der Waals surface area (Å²) in [5, 5.41) is 17.1. The Morgan fingerprint density at radius 1 is 1.25 bits per heavy atom. The van der Waals surface area contributed by atoms with Crippen LogP contribution in [0.15, 0.2) is 34.5 Å². The molecule has 0 bridgehead atoms. The van der Waals surface area contributed by atoms with Gasteiger partial charge in [-0.3, -0.25) is 9.59 Å². The Bertz CT molecular complexity index is 668. The summed E-state index contributed by atoms with van der Waals surface area (Å²) in [4.78, 5) is 24.8. The van der Waals surface area contributed by atoms with Crippen LogP contribution in [0, 0.1) is 19.3 Å². The number of carbonyl (C=O) groups excluding carboxylic acids is 1. The molecular weight excluding hydrogens is 306 g/mol. The molecule has 126 valence electrons.